The summed E-state index contributed by atoms with van der Waals surface area (Å²) in [6.45, 7) is 12.6. The Morgan fingerprint density at radius 2 is 1.47 bits per heavy atom. The molecule has 2 nitrogen and oxygen atoms in total. The summed E-state index contributed by atoms with van der Waals surface area (Å²) in [5.74, 6) is 3.41. The van der Waals surface area contributed by atoms with Gasteiger partial charge in [-0.15, -0.1) is 0 Å². The molecule has 0 fully saturated rings. The smallest absolute Gasteiger partial charge is 0.119 e. The number of rotatable bonds is 21. The Bertz CT molecular complexity index is 856. The molecule has 0 aliphatic carbocycles. The van der Waals surface area contributed by atoms with Gasteiger partial charge in [-0.2, -0.15) is 0 Å². The standard InChI is InChI=1S/C36H58O2/c1-6-9-13-29(4)17-18-31(8-3)14-10-16-35-22-19-34(26-30(35)5)27-32(12-7-2)15-11-25-38-36-23-20-33(28-37)21-24-36/h19-24,26,29,31-32,37H,6-18,25,27-28H2,1-5H3. The van der Waals surface area contributed by atoms with E-state index in [0.717, 1.165) is 42.1 Å². The van der Waals surface area contributed by atoms with E-state index in [0.29, 0.717) is 0 Å². The van der Waals surface area contributed by atoms with Crippen LogP contribution in [0.3, 0.4) is 0 Å². The molecule has 2 rings (SSSR count). The molecule has 0 heterocycles. The van der Waals surface area contributed by atoms with E-state index in [2.05, 4.69) is 52.8 Å². The highest BCUT2D eigenvalue weighted by atomic mass is 16.5. The Morgan fingerprint density at radius 1 is 0.737 bits per heavy atom. The number of ether oxygens (including phenoxy) is 1. The van der Waals surface area contributed by atoms with E-state index in [9.17, 15) is 5.11 Å². The molecule has 3 atom stereocenters. The first-order valence-electron chi connectivity index (χ1n) is 15.9. The molecule has 0 bridgehead atoms. The lowest BCUT2D eigenvalue weighted by molar-refractivity contribution is 0.279. The van der Waals surface area contributed by atoms with Gasteiger partial charge in [0.25, 0.3) is 0 Å². The maximum absolute atomic E-state index is 9.19. The fraction of sp³-hybridized carbons (Fsp3) is 0.667. The minimum atomic E-state index is 0.0808. The fourth-order valence-electron chi connectivity index (χ4n) is 5.86. The average molecular weight is 523 g/mol. The van der Waals surface area contributed by atoms with Crippen molar-refractivity contribution in [2.75, 3.05) is 6.61 Å². The van der Waals surface area contributed by atoms with Crippen molar-refractivity contribution < 1.29 is 9.84 Å². The molecule has 0 aromatic heterocycles. The summed E-state index contributed by atoms with van der Waals surface area (Å²) in [5, 5.41) is 9.19. The average Bonchev–Trinajstić information content (AvgIpc) is 2.93. The fourth-order valence-corrected chi connectivity index (χ4v) is 5.86. The number of aliphatic hydroxyl groups excluding tert-OH is 1. The van der Waals surface area contributed by atoms with E-state index in [1.54, 1.807) is 5.56 Å². The molecule has 2 aromatic carbocycles. The number of unbranched alkanes of at least 4 members (excludes halogenated alkanes) is 1. The van der Waals surface area contributed by atoms with E-state index in [1.807, 2.05) is 24.3 Å². The van der Waals surface area contributed by atoms with Gasteiger partial charge in [-0.3, -0.25) is 0 Å². The largest absolute Gasteiger partial charge is 0.494 e. The van der Waals surface area contributed by atoms with Gasteiger partial charge in [-0.1, -0.05) is 116 Å². The van der Waals surface area contributed by atoms with Crippen molar-refractivity contribution in [2.45, 2.75) is 131 Å². The van der Waals surface area contributed by atoms with Gasteiger partial charge in [0.15, 0.2) is 0 Å². The van der Waals surface area contributed by atoms with E-state index >= 15 is 0 Å². The van der Waals surface area contributed by atoms with E-state index in [4.69, 9.17) is 4.74 Å². The monoisotopic (exact) mass is 522 g/mol. The Balaban J connectivity index is 1.75. The predicted molar refractivity (Wildman–Crippen MR) is 165 cm³/mol. The molecule has 0 saturated heterocycles. The van der Waals surface area contributed by atoms with Crippen LogP contribution >= 0.6 is 0 Å². The van der Waals surface area contributed by atoms with Gasteiger partial charge in [0.2, 0.25) is 0 Å². The topological polar surface area (TPSA) is 29.5 Å². The molecule has 3 unspecified atom stereocenters. The maximum Gasteiger partial charge on any atom is 0.119 e. The first-order chi connectivity index (χ1) is 18.5. The van der Waals surface area contributed by atoms with Crippen molar-refractivity contribution in [3.05, 3.63) is 64.7 Å². The van der Waals surface area contributed by atoms with Crippen molar-refractivity contribution in [3.8, 4) is 5.75 Å². The Morgan fingerprint density at radius 3 is 2.13 bits per heavy atom. The Labute approximate surface area is 235 Å². The summed E-state index contributed by atoms with van der Waals surface area (Å²) in [4.78, 5) is 0. The molecule has 214 valence electrons. The van der Waals surface area contributed by atoms with Gasteiger partial charge < -0.3 is 9.84 Å². The van der Waals surface area contributed by atoms with E-state index in [-0.39, 0.29) is 6.61 Å². The molecule has 0 aliphatic heterocycles. The first-order valence-corrected chi connectivity index (χ1v) is 15.9. The lowest BCUT2D eigenvalue weighted by Gasteiger charge is -2.19. The predicted octanol–water partition coefficient (Wildman–Crippen LogP) is 10.3. The summed E-state index contributed by atoms with van der Waals surface area (Å²) < 4.78 is 5.94. The second kappa shape index (κ2) is 19.3. The quantitative estimate of drug-likeness (QED) is 0.165. The van der Waals surface area contributed by atoms with Crippen LogP contribution in [0.15, 0.2) is 42.5 Å². The molecule has 0 saturated carbocycles. The lowest BCUT2D eigenvalue weighted by atomic mass is 9.87. The Kier molecular flexibility index (Phi) is 16.5. The van der Waals surface area contributed by atoms with E-state index < -0.39 is 0 Å². The van der Waals surface area contributed by atoms with Crippen LogP contribution in [0.1, 0.15) is 127 Å². The maximum atomic E-state index is 9.19. The zero-order chi connectivity index (χ0) is 27.6. The SMILES string of the molecule is CCCCC(C)CCC(CC)CCCc1ccc(CC(CCC)CCCOc2ccc(CO)cc2)cc1C. The molecule has 2 aromatic rings. The molecule has 1 N–H and O–H groups in total. The van der Waals surface area contributed by atoms with Crippen LogP contribution in [0, 0.1) is 24.7 Å². The zero-order valence-electron chi connectivity index (χ0n) is 25.4. The van der Waals surface area contributed by atoms with Crippen LogP contribution in [0.5, 0.6) is 5.75 Å². The third kappa shape index (κ3) is 12.8. The second-order valence-corrected chi connectivity index (χ2v) is 11.9. The summed E-state index contributed by atoms with van der Waals surface area (Å²) in [7, 11) is 0. The molecule has 38 heavy (non-hydrogen) atoms. The molecule has 0 aliphatic rings. The van der Waals surface area contributed by atoms with Crippen molar-refractivity contribution >= 4 is 0 Å². The van der Waals surface area contributed by atoms with Gasteiger partial charge in [-0.05, 0) is 91.2 Å². The minimum Gasteiger partial charge on any atom is -0.494 e. The molecular formula is C36H58O2. The lowest BCUT2D eigenvalue weighted by Crippen LogP contribution is -2.08. The Hall–Kier alpha value is -1.80. The van der Waals surface area contributed by atoms with Crippen LogP contribution in [-0.2, 0) is 19.4 Å². The highest BCUT2D eigenvalue weighted by molar-refractivity contribution is 5.31. The van der Waals surface area contributed by atoms with Gasteiger partial charge in [0.1, 0.15) is 5.75 Å². The van der Waals surface area contributed by atoms with Gasteiger partial charge in [-0.25, -0.2) is 0 Å². The van der Waals surface area contributed by atoms with Crippen LogP contribution in [0.4, 0.5) is 0 Å². The second-order valence-electron chi connectivity index (χ2n) is 11.9. The molecule has 0 radical (unpaired) electrons. The third-order valence-electron chi connectivity index (χ3n) is 8.51. The number of hydrogen-bond donors (Lipinski definition) is 1. The van der Waals surface area contributed by atoms with Crippen LogP contribution in [0.2, 0.25) is 0 Å². The minimum absolute atomic E-state index is 0.0808. The molecule has 0 spiro atoms. The van der Waals surface area contributed by atoms with Gasteiger partial charge in [0.05, 0.1) is 13.2 Å². The van der Waals surface area contributed by atoms with Gasteiger partial charge in [0, 0.05) is 0 Å². The molecule has 2 heteroatoms. The zero-order valence-corrected chi connectivity index (χ0v) is 25.4. The number of benzene rings is 2. The summed E-state index contributed by atoms with van der Waals surface area (Å²) >= 11 is 0. The third-order valence-corrected chi connectivity index (χ3v) is 8.51. The molecular weight excluding hydrogens is 464 g/mol. The number of hydrogen-bond acceptors (Lipinski definition) is 2. The summed E-state index contributed by atoms with van der Waals surface area (Å²) in [5.41, 5.74) is 5.45. The summed E-state index contributed by atoms with van der Waals surface area (Å²) in [6.07, 6.45) is 18.2. The highest BCUT2D eigenvalue weighted by Gasteiger charge is 2.12. The normalized spacial score (nSPS) is 13.8. The van der Waals surface area contributed by atoms with Crippen molar-refractivity contribution in [2.24, 2.45) is 17.8 Å². The van der Waals surface area contributed by atoms with Crippen LogP contribution in [-0.4, -0.2) is 11.7 Å². The van der Waals surface area contributed by atoms with Crippen LogP contribution < -0.4 is 4.74 Å². The van der Waals surface area contributed by atoms with Gasteiger partial charge >= 0.3 is 0 Å². The van der Waals surface area contributed by atoms with Crippen molar-refractivity contribution in [3.63, 3.8) is 0 Å². The number of aryl methyl sites for hydroxylation is 2. The number of aliphatic hydroxyl groups is 1. The van der Waals surface area contributed by atoms with E-state index in [1.165, 1.54) is 94.6 Å². The van der Waals surface area contributed by atoms with Crippen LogP contribution in [0.25, 0.3) is 0 Å². The summed E-state index contributed by atoms with van der Waals surface area (Å²) in [6, 6.07) is 15.0. The highest BCUT2D eigenvalue weighted by Crippen LogP contribution is 2.26. The van der Waals surface area contributed by atoms with Crippen molar-refractivity contribution in [1.82, 2.24) is 0 Å². The first kappa shape index (κ1) is 32.4. The van der Waals surface area contributed by atoms with Crippen molar-refractivity contribution in [1.29, 1.82) is 0 Å². The molecule has 0 amide bonds.